The molecule has 0 aromatic heterocycles. The number of carbonyl (C=O) groups is 2. The van der Waals surface area contributed by atoms with Gasteiger partial charge in [0, 0.05) is 17.8 Å². The molecule has 3 aromatic rings. The minimum atomic E-state index is -0.207. The normalized spacial score (nSPS) is 10.2. The molecular weight excluding hydrogens is 402 g/mol. The molecule has 3 N–H and O–H groups in total. The van der Waals surface area contributed by atoms with E-state index in [-0.39, 0.29) is 18.4 Å². The first-order valence-electron chi connectivity index (χ1n) is 10.3. The van der Waals surface area contributed by atoms with E-state index in [9.17, 15) is 9.59 Å². The molecule has 0 radical (unpaired) electrons. The fraction of sp³-hybridized carbons (Fsp3) is 0.154. The lowest BCUT2D eigenvalue weighted by atomic mass is 10.1. The number of nitrogens with one attached hydrogen (secondary N) is 3. The van der Waals surface area contributed by atoms with Crippen LogP contribution < -0.4 is 20.7 Å². The third-order valence-electron chi connectivity index (χ3n) is 4.53. The summed E-state index contributed by atoms with van der Waals surface area (Å²) >= 11 is 0. The van der Waals surface area contributed by atoms with Crippen molar-refractivity contribution in [3.05, 3.63) is 102 Å². The molecule has 0 fully saturated rings. The highest BCUT2D eigenvalue weighted by Crippen LogP contribution is 2.24. The van der Waals surface area contributed by atoms with E-state index in [2.05, 4.69) is 22.5 Å². The van der Waals surface area contributed by atoms with Crippen LogP contribution >= 0.6 is 0 Å². The maximum atomic E-state index is 12.4. The highest BCUT2D eigenvalue weighted by Gasteiger charge is 2.09. The topological polar surface area (TPSA) is 79.5 Å². The number of anilines is 2. The van der Waals surface area contributed by atoms with E-state index in [1.165, 1.54) is 0 Å². The zero-order valence-corrected chi connectivity index (χ0v) is 18.1. The second-order valence-electron chi connectivity index (χ2n) is 7.39. The average Bonchev–Trinajstić information content (AvgIpc) is 2.81. The minimum absolute atomic E-state index is 0.0777. The molecule has 0 saturated heterocycles. The van der Waals surface area contributed by atoms with Gasteiger partial charge in [-0.1, -0.05) is 49.0 Å². The smallest absolute Gasteiger partial charge is 0.251 e. The van der Waals surface area contributed by atoms with E-state index in [1.54, 1.807) is 36.4 Å². The van der Waals surface area contributed by atoms with E-state index in [0.717, 1.165) is 16.8 Å². The Bertz CT molecular complexity index is 1060. The van der Waals surface area contributed by atoms with Gasteiger partial charge in [-0.05, 0) is 54.5 Å². The molecule has 0 bridgehead atoms. The molecule has 0 saturated carbocycles. The Labute approximate surface area is 188 Å². The molecule has 0 aliphatic carbocycles. The van der Waals surface area contributed by atoms with Crippen LogP contribution in [0.5, 0.6) is 5.75 Å². The highest BCUT2D eigenvalue weighted by atomic mass is 16.5. The van der Waals surface area contributed by atoms with Gasteiger partial charge >= 0.3 is 0 Å². The third kappa shape index (κ3) is 7.02. The van der Waals surface area contributed by atoms with Gasteiger partial charge in [-0.3, -0.25) is 9.59 Å². The predicted octanol–water partition coefficient (Wildman–Crippen LogP) is 4.62. The van der Waals surface area contributed by atoms with Gasteiger partial charge in [-0.25, -0.2) is 0 Å². The number of hydrogen-bond donors (Lipinski definition) is 3. The van der Waals surface area contributed by atoms with Crippen LogP contribution in [-0.2, 0) is 11.3 Å². The number of amides is 2. The fourth-order valence-corrected chi connectivity index (χ4v) is 2.89. The molecule has 3 aromatic carbocycles. The summed E-state index contributed by atoms with van der Waals surface area (Å²) in [6.45, 7) is 6.63. The second kappa shape index (κ2) is 11.4. The van der Waals surface area contributed by atoms with Crippen molar-refractivity contribution in [1.82, 2.24) is 5.32 Å². The molecule has 6 heteroatoms. The third-order valence-corrected chi connectivity index (χ3v) is 4.53. The number of para-hydroxylation sites is 2. The van der Waals surface area contributed by atoms with Crippen molar-refractivity contribution in [3.63, 3.8) is 0 Å². The number of rotatable bonds is 10. The van der Waals surface area contributed by atoms with Crippen molar-refractivity contribution in [2.45, 2.75) is 13.5 Å². The lowest BCUT2D eigenvalue weighted by molar-refractivity contribution is -0.114. The minimum Gasteiger partial charge on any atom is -0.487 e. The fourth-order valence-electron chi connectivity index (χ4n) is 2.89. The SMILES string of the molecule is C=C(C)COc1ccccc1NC(=O)CNc1ccc(C(=O)NCc2ccccc2)cc1. The van der Waals surface area contributed by atoms with Crippen LogP contribution in [0.1, 0.15) is 22.8 Å². The number of ether oxygens (including phenoxy) is 1. The van der Waals surface area contributed by atoms with Crippen LogP contribution in [0, 0.1) is 0 Å². The quantitative estimate of drug-likeness (QED) is 0.411. The van der Waals surface area contributed by atoms with Crippen molar-refractivity contribution < 1.29 is 14.3 Å². The lowest BCUT2D eigenvalue weighted by Crippen LogP contribution is -2.23. The van der Waals surface area contributed by atoms with E-state index in [0.29, 0.717) is 30.2 Å². The van der Waals surface area contributed by atoms with Crippen molar-refractivity contribution >= 4 is 23.2 Å². The Morgan fingerprint density at radius 3 is 2.31 bits per heavy atom. The molecular formula is C26H27N3O3. The van der Waals surface area contributed by atoms with Crippen LogP contribution in [0.4, 0.5) is 11.4 Å². The molecule has 6 nitrogen and oxygen atoms in total. The predicted molar refractivity (Wildman–Crippen MR) is 128 cm³/mol. The number of hydrogen-bond acceptors (Lipinski definition) is 4. The van der Waals surface area contributed by atoms with Crippen LogP contribution in [-0.4, -0.2) is 25.0 Å². The van der Waals surface area contributed by atoms with Gasteiger partial charge in [0.2, 0.25) is 5.91 Å². The molecule has 3 rings (SSSR count). The Morgan fingerprint density at radius 2 is 1.59 bits per heavy atom. The van der Waals surface area contributed by atoms with E-state index in [4.69, 9.17) is 4.74 Å². The summed E-state index contributed by atoms with van der Waals surface area (Å²) in [4.78, 5) is 24.7. The van der Waals surface area contributed by atoms with Crippen LogP contribution in [0.15, 0.2) is 91.0 Å². The Balaban J connectivity index is 1.48. The average molecular weight is 430 g/mol. The molecule has 0 atom stereocenters. The summed E-state index contributed by atoms with van der Waals surface area (Å²) in [5.74, 6) is 0.236. The van der Waals surface area contributed by atoms with E-state index in [1.807, 2.05) is 49.4 Å². The summed E-state index contributed by atoms with van der Waals surface area (Å²) in [6.07, 6.45) is 0. The molecule has 0 aliphatic rings. The van der Waals surface area contributed by atoms with Crippen LogP contribution in [0.3, 0.4) is 0 Å². The number of benzene rings is 3. The van der Waals surface area contributed by atoms with Gasteiger partial charge in [0.1, 0.15) is 12.4 Å². The van der Waals surface area contributed by atoms with Crippen molar-refractivity contribution in [2.24, 2.45) is 0 Å². The summed E-state index contributed by atoms with van der Waals surface area (Å²) in [5.41, 5.74) is 3.83. The maximum Gasteiger partial charge on any atom is 0.251 e. The van der Waals surface area contributed by atoms with Crippen molar-refractivity contribution in [3.8, 4) is 5.75 Å². The van der Waals surface area contributed by atoms with E-state index >= 15 is 0 Å². The Kier molecular flexibility index (Phi) is 8.03. The van der Waals surface area contributed by atoms with Crippen LogP contribution in [0.2, 0.25) is 0 Å². The lowest BCUT2D eigenvalue weighted by Gasteiger charge is -2.13. The summed E-state index contributed by atoms with van der Waals surface area (Å²) in [5, 5.41) is 8.80. The Morgan fingerprint density at radius 1 is 0.906 bits per heavy atom. The molecule has 0 unspecified atom stereocenters. The molecule has 2 amide bonds. The highest BCUT2D eigenvalue weighted by molar-refractivity contribution is 5.96. The van der Waals surface area contributed by atoms with Crippen LogP contribution in [0.25, 0.3) is 0 Å². The van der Waals surface area contributed by atoms with E-state index < -0.39 is 0 Å². The summed E-state index contributed by atoms with van der Waals surface area (Å²) < 4.78 is 5.67. The van der Waals surface area contributed by atoms with Gasteiger partial charge < -0.3 is 20.7 Å². The van der Waals surface area contributed by atoms with Gasteiger partial charge in [0.25, 0.3) is 5.91 Å². The standard InChI is InChI=1S/C26H27N3O3/c1-19(2)18-32-24-11-7-6-10-23(24)29-25(30)17-27-22-14-12-21(13-15-22)26(31)28-16-20-8-4-3-5-9-20/h3-15,27H,1,16-18H2,2H3,(H,28,31)(H,29,30). The first-order chi connectivity index (χ1) is 15.5. The first kappa shape index (κ1) is 22.6. The first-order valence-corrected chi connectivity index (χ1v) is 10.3. The second-order valence-corrected chi connectivity index (χ2v) is 7.39. The van der Waals surface area contributed by atoms with Gasteiger partial charge in [-0.2, -0.15) is 0 Å². The molecule has 0 heterocycles. The van der Waals surface area contributed by atoms with Gasteiger partial charge in [0.05, 0.1) is 12.2 Å². The molecule has 164 valence electrons. The molecule has 0 spiro atoms. The zero-order valence-electron chi connectivity index (χ0n) is 18.1. The van der Waals surface area contributed by atoms with Gasteiger partial charge in [0.15, 0.2) is 0 Å². The summed E-state index contributed by atoms with van der Waals surface area (Å²) in [6, 6.07) is 24.0. The largest absolute Gasteiger partial charge is 0.487 e. The molecule has 0 aliphatic heterocycles. The van der Waals surface area contributed by atoms with Gasteiger partial charge in [-0.15, -0.1) is 0 Å². The Hall–Kier alpha value is -4.06. The van der Waals surface area contributed by atoms with Crippen molar-refractivity contribution in [2.75, 3.05) is 23.8 Å². The molecule has 32 heavy (non-hydrogen) atoms. The van der Waals surface area contributed by atoms with Crippen molar-refractivity contribution in [1.29, 1.82) is 0 Å². The summed E-state index contributed by atoms with van der Waals surface area (Å²) in [7, 11) is 0. The number of carbonyl (C=O) groups excluding carboxylic acids is 2. The maximum absolute atomic E-state index is 12.4. The monoisotopic (exact) mass is 429 g/mol. The zero-order chi connectivity index (χ0) is 22.8.